The van der Waals surface area contributed by atoms with Gasteiger partial charge in [0.1, 0.15) is 11.5 Å². The molecule has 0 aliphatic heterocycles. The number of aromatic nitrogens is 2. The summed E-state index contributed by atoms with van der Waals surface area (Å²) in [7, 11) is 0. The van der Waals surface area contributed by atoms with Gasteiger partial charge in [-0.25, -0.2) is 0 Å². The molecule has 2 aromatic heterocycles. The van der Waals surface area contributed by atoms with E-state index < -0.39 is 0 Å². The third kappa shape index (κ3) is 2.57. The Hall–Kier alpha value is -3.54. The van der Waals surface area contributed by atoms with Gasteiger partial charge in [0.2, 0.25) is 0 Å². The number of phenolic OH excluding ortho intramolecular Hbond substituents is 1. The van der Waals surface area contributed by atoms with Crippen molar-refractivity contribution >= 4 is 16.6 Å². The summed E-state index contributed by atoms with van der Waals surface area (Å²) >= 11 is 0. The zero-order valence-corrected chi connectivity index (χ0v) is 15.3. The van der Waals surface area contributed by atoms with E-state index in [9.17, 15) is 10.3 Å². The van der Waals surface area contributed by atoms with Crippen LogP contribution in [0.1, 0.15) is 23.9 Å². The Bertz CT molecular complexity index is 1150. The molecule has 0 radical (unpaired) electrons. The van der Waals surface area contributed by atoms with E-state index in [1.165, 1.54) is 0 Å². The van der Waals surface area contributed by atoms with Crippen LogP contribution in [0.5, 0.6) is 5.75 Å². The molecule has 4 aromatic rings. The maximum absolute atomic E-state index is 9.70. The molecule has 0 saturated heterocycles. The Morgan fingerprint density at radius 1 is 1.07 bits per heavy atom. The molecule has 0 aliphatic carbocycles. The van der Waals surface area contributed by atoms with E-state index in [4.69, 9.17) is 4.52 Å². The Balaban J connectivity index is 2.22. The van der Waals surface area contributed by atoms with Gasteiger partial charge in [0.15, 0.2) is 0 Å². The summed E-state index contributed by atoms with van der Waals surface area (Å²) in [5.41, 5.74) is 5.59. The summed E-state index contributed by atoms with van der Waals surface area (Å²) in [6.45, 7) is 5.52. The Morgan fingerprint density at radius 3 is 2.41 bits per heavy atom. The summed E-state index contributed by atoms with van der Waals surface area (Å²) < 4.78 is 7.49. The number of benzene rings is 2. The number of aromatic hydroxyl groups is 1. The minimum atomic E-state index is 0.197. The number of hydrogen-bond donors (Lipinski definition) is 2. The van der Waals surface area contributed by atoms with E-state index in [-0.39, 0.29) is 5.75 Å². The molecule has 136 valence electrons. The van der Waals surface area contributed by atoms with Crippen LogP contribution in [0.25, 0.3) is 27.8 Å². The lowest BCUT2D eigenvalue weighted by atomic mass is 10.0. The van der Waals surface area contributed by atoms with Crippen LogP contribution in [0, 0.1) is 13.8 Å². The molecule has 2 N–H and O–H groups in total. The highest BCUT2D eigenvalue weighted by Gasteiger charge is 2.26. The Labute approximate surface area is 156 Å². The van der Waals surface area contributed by atoms with Crippen molar-refractivity contribution < 1.29 is 14.8 Å². The number of phenols is 1. The molecule has 0 aliphatic rings. The molecule has 2 aromatic carbocycles. The molecular weight excluding hydrogens is 342 g/mol. The molecule has 0 spiro atoms. The van der Waals surface area contributed by atoms with Gasteiger partial charge in [-0.3, -0.25) is 0 Å². The number of fused-ring (bicyclic) bond motifs is 1. The third-order valence-electron chi connectivity index (χ3n) is 4.76. The minimum Gasteiger partial charge on any atom is -0.508 e. The summed E-state index contributed by atoms with van der Waals surface area (Å²) in [6, 6.07) is 14.9. The monoisotopic (exact) mass is 361 g/mol. The molecule has 4 rings (SSSR count). The predicted molar refractivity (Wildman–Crippen MR) is 104 cm³/mol. The Kier molecular flexibility index (Phi) is 3.96. The summed E-state index contributed by atoms with van der Waals surface area (Å²) in [5, 5.41) is 27.8. The van der Waals surface area contributed by atoms with Gasteiger partial charge in [-0.1, -0.05) is 28.5 Å². The van der Waals surface area contributed by atoms with Crippen molar-refractivity contribution in [3.05, 3.63) is 65.5 Å². The van der Waals surface area contributed by atoms with Crippen molar-refractivity contribution in [1.29, 1.82) is 0 Å². The maximum atomic E-state index is 9.70. The fourth-order valence-corrected chi connectivity index (χ4v) is 3.58. The Morgan fingerprint density at radius 2 is 1.78 bits per heavy atom. The van der Waals surface area contributed by atoms with Gasteiger partial charge >= 0.3 is 0 Å². The lowest BCUT2D eigenvalue weighted by Gasteiger charge is -2.12. The average molecular weight is 361 g/mol. The smallest absolute Gasteiger partial charge is 0.143 e. The van der Waals surface area contributed by atoms with Crippen LogP contribution in [-0.4, -0.2) is 25.7 Å². The highest BCUT2D eigenvalue weighted by atomic mass is 16.5. The van der Waals surface area contributed by atoms with Gasteiger partial charge in [-0.15, -0.1) is 0 Å². The van der Waals surface area contributed by atoms with E-state index in [0.29, 0.717) is 11.5 Å². The zero-order chi connectivity index (χ0) is 19.1. The van der Waals surface area contributed by atoms with E-state index in [0.717, 1.165) is 39.1 Å². The SMILES string of the molecule is C/C(=N\O)c1c(-c2c(C)noc2C)n(-c2ccc(O)cc2)c2ccccc12. The van der Waals surface area contributed by atoms with Crippen LogP contribution in [0.4, 0.5) is 0 Å². The topological polar surface area (TPSA) is 83.8 Å². The maximum Gasteiger partial charge on any atom is 0.143 e. The standard InChI is InChI=1S/C21H19N3O3/c1-12(22-26)20-17-6-4-5-7-18(17)24(15-8-10-16(25)11-9-15)21(20)19-13(2)23-27-14(19)3/h4-11,25-26H,1-3H3/b22-12+. The molecule has 6 heteroatoms. The summed E-state index contributed by atoms with van der Waals surface area (Å²) in [5.74, 6) is 0.879. The second kappa shape index (κ2) is 6.32. The van der Waals surface area contributed by atoms with Crippen molar-refractivity contribution in [3.8, 4) is 22.7 Å². The molecule has 6 nitrogen and oxygen atoms in total. The number of hydrogen-bond acceptors (Lipinski definition) is 5. The van der Waals surface area contributed by atoms with Gasteiger partial charge in [0.25, 0.3) is 0 Å². The van der Waals surface area contributed by atoms with Gasteiger partial charge in [-0.2, -0.15) is 0 Å². The lowest BCUT2D eigenvalue weighted by Crippen LogP contribution is -2.02. The van der Waals surface area contributed by atoms with Gasteiger partial charge in [0.05, 0.1) is 28.2 Å². The summed E-state index contributed by atoms with van der Waals surface area (Å²) in [6.07, 6.45) is 0. The number of aryl methyl sites for hydroxylation is 2. The first-order chi connectivity index (χ1) is 13.0. The van der Waals surface area contributed by atoms with E-state index in [2.05, 4.69) is 14.9 Å². The van der Waals surface area contributed by atoms with Crippen LogP contribution in [0.2, 0.25) is 0 Å². The van der Waals surface area contributed by atoms with Crippen LogP contribution >= 0.6 is 0 Å². The van der Waals surface area contributed by atoms with E-state index in [1.54, 1.807) is 19.1 Å². The minimum absolute atomic E-state index is 0.197. The van der Waals surface area contributed by atoms with E-state index in [1.807, 2.05) is 50.2 Å². The van der Waals surface area contributed by atoms with Gasteiger partial charge < -0.3 is 19.4 Å². The fourth-order valence-electron chi connectivity index (χ4n) is 3.58. The zero-order valence-electron chi connectivity index (χ0n) is 15.3. The molecule has 2 heterocycles. The second-order valence-corrected chi connectivity index (χ2v) is 6.48. The lowest BCUT2D eigenvalue weighted by molar-refractivity contribution is 0.319. The van der Waals surface area contributed by atoms with Crippen LogP contribution < -0.4 is 0 Å². The first-order valence-corrected chi connectivity index (χ1v) is 8.58. The molecule has 0 saturated carbocycles. The molecular formula is C21H19N3O3. The first kappa shape index (κ1) is 16.9. The average Bonchev–Trinajstić information content (AvgIpc) is 3.18. The third-order valence-corrected chi connectivity index (χ3v) is 4.76. The number of rotatable bonds is 3. The fraction of sp³-hybridized carbons (Fsp3) is 0.143. The predicted octanol–water partition coefficient (Wildman–Crippen LogP) is 4.81. The second-order valence-electron chi connectivity index (χ2n) is 6.48. The highest BCUT2D eigenvalue weighted by molar-refractivity contribution is 6.15. The number of nitrogens with zero attached hydrogens (tertiary/aromatic N) is 3. The molecule has 0 fully saturated rings. The van der Waals surface area contributed by atoms with Crippen molar-refractivity contribution in [2.45, 2.75) is 20.8 Å². The van der Waals surface area contributed by atoms with Gasteiger partial charge in [0, 0.05) is 16.6 Å². The van der Waals surface area contributed by atoms with Crippen molar-refractivity contribution in [3.63, 3.8) is 0 Å². The molecule has 0 atom stereocenters. The number of oxime groups is 1. The normalized spacial score (nSPS) is 12.0. The first-order valence-electron chi connectivity index (χ1n) is 8.58. The van der Waals surface area contributed by atoms with E-state index >= 15 is 0 Å². The quantitative estimate of drug-likeness (QED) is 0.312. The highest BCUT2D eigenvalue weighted by Crippen LogP contribution is 2.39. The number of para-hydroxylation sites is 1. The van der Waals surface area contributed by atoms with Crippen LogP contribution in [-0.2, 0) is 0 Å². The molecule has 0 unspecified atom stereocenters. The van der Waals surface area contributed by atoms with Crippen molar-refractivity contribution in [2.75, 3.05) is 0 Å². The van der Waals surface area contributed by atoms with Gasteiger partial charge in [-0.05, 0) is 51.1 Å². The largest absolute Gasteiger partial charge is 0.508 e. The molecule has 0 amide bonds. The molecule has 0 bridgehead atoms. The van der Waals surface area contributed by atoms with Crippen molar-refractivity contribution in [2.24, 2.45) is 5.16 Å². The molecule has 27 heavy (non-hydrogen) atoms. The van der Waals surface area contributed by atoms with Crippen molar-refractivity contribution in [1.82, 2.24) is 9.72 Å². The van der Waals surface area contributed by atoms with Crippen LogP contribution in [0.15, 0.2) is 58.2 Å². The van der Waals surface area contributed by atoms with Crippen LogP contribution in [0.3, 0.4) is 0 Å². The summed E-state index contributed by atoms with van der Waals surface area (Å²) in [4.78, 5) is 0.